The van der Waals surface area contributed by atoms with E-state index in [-0.39, 0.29) is 5.91 Å². The Labute approximate surface area is 112 Å². The maximum atomic E-state index is 12.5. The number of nitrogens with zero attached hydrogens (tertiary/aromatic N) is 3. The average Bonchev–Trinajstić information content (AvgIpc) is 2.46. The minimum absolute atomic E-state index is 0.0918. The molecule has 0 fully saturated rings. The van der Waals surface area contributed by atoms with Crippen molar-refractivity contribution in [2.45, 2.75) is 13.3 Å². The second-order valence-electron chi connectivity index (χ2n) is 4.16. The SMILES string of the molecule is C#CCN(CCC)C(=O)c1cccc2nccnc12. The van der Waals surface area contributed by atoms with Crippen LogP contribution in [0.5, 0.6) is 0 Å². The standard InChI is InChI=1S/C15H15N3O/c1-3-10-18(11-4-2)15(19)12-6-5-7-13-14(12)17-9-8-16-13/h1,5-9H,4,10-11H2,2H3. The Morgan fingerprint density at radius 1 is 1.37 bits per heavy atom. The van der Waals surface area contributed by atoms with Crippen LogP contribution in [0.2, 0.25) is 0 Å². The number of hydrogen-bond acceptors (Lipinski definition) is 3. The summed E-state index contributed by atoms with van der Waals surface area (Å²) in [6.45, 7) is 2.96. The van der Waals surface area contributed by atoms with E-state index in [0.29, 0.717) is 29.7 Å². The molecule has 0 bridgehead atoms. The van der Waals surface area contributed by atoms with Crippen molar-refractivity contribution >= 4 is 16.9 Å². The second-order valence-corrected chi connectivity index (χ2v) is 4.16. The van der Waals surface area contributed by atoms with Crippen LogP contribution in [0, 0.1) is 12.3 Å². The molecule has 0 atom stereocenters. The van der Waals surface area contributed by atoms with Crippen molar-refractivity contribution in [3.8, 4) is 12.3 Å². The fourth-order valence-corrected chi connectivity index (χ4v) is 1.97. The van der Waals surface area contributed by atoms with E-state index >= 15 is 0 Å². The van der Waals surface area contributed by atoms with E-state index in [1.807, 2.05) is 19.1 Å². The van der Waals surface area contributed by atoms with Gasteiger partial charge >= 0.3 is 0 Å². The van der Waals surface area contributed by atoms with Gasteiger partial charge in [0.25, 0.3) is 5.91 Å². The fraction of sp³-hybridized carbons (Fsp3) is 0.267. The van der Waals surface area contributed by atoms with Crippen molar-refractivity contribution in [3.05, 3.63) is 36.2 Å². The first kappa shape index (κ1) is 13.0. The third-order valence-corrected chi connectivity index (χ3v) is 2.79. The largest absolute Gasteiger partial charge is 0.327 e. The molecule has 2 aromatic rings. The van der Waals surface area contributed by atoms with Crippen LogP contribution in [0.1, 0.15) is 23.7 Å². The molecular formula is C15H15N3O. The molecule has 1 aromatic heterocycles. The molecule has 0 N–H and O–H groups in total. The molecule has 0 aliphatic heterocycles. The molecule has 1 amide bonds. The van der Waals surface area contributed by atoms with Gasteiger partial charge in [0.05, 0.1) is 17.6 Å². The highest BCUT2D eigenvalue weighted by Gasteiger charge is 2.17. The monoisotopic (exact) mass is 253 g/mol. The summed E-state index contributed by atoms with van der Waals surface area (Å²) in [4.78, 5) is 22.6. The van der Waals surface area contributed by atoms with Gasteiger partial charge < -0.3 is 4.90 Å². The normalized spacial score (nSPS) is 10.1. The molecule has 0 saturated carbocycles. The lowest BCUT2D eigenvalue weighted by Crippen LogP contribution is -2.32. The maximum absolute atomic E-state index is 12.5. The van der Waals surface area contributed by atoms with E-state index in [9.17, 15) is 4.79 Å². The number of hydrogen-bond donors (Lipinski definition) is 0. The van der Waals surface area contributed by atoms with Gasteiger partial charge in [-0.2, -0.15) is 0 Å². The lowest BCUT2D eigenvalue weighted by atomic mass is 10.1. The molecule has 4 heteroatoms. The Morgan fingerprint density at radius 2 is 2.16 bits per heavy atom. The van der Waals surface area contributed by atoms with Crippen molar-refractivity contribution in [3.63, 3.8) is 0 Å². The molecule has 19 heavy (non-hydrogen) atoms. The molecule has 0 unspecified atom stereocenters. The zero-order chi connectivity index (χ0) is 13.7. The lowest BCUT2D eigenvalue weighted by molar-refractivity contribution is 0.0778. The molecule has 96 valence electrons. The third-order valence-electron chi connectivity index (χ3n) is 2.79. The Balaban J connectivity index is 2.43. The summed E-state index contributed by atoms with van der Waals surface area (Å²) in [5.41, 5.74) is 1.88. The third kappa shape index (κ3) is 2.71. The van der Waals surface area contributed by atoms with E-state index in [0.717, 1.165) is 6.42 Å². The first-order valence-corrected chi connectivity index (χ1v) is 6.20. The number of terminal acetylenes is 1. The Kier molecular flexibility index (Phi) is 4.09. The fourth-order valence-electron chi connectivity index (χ4n) is 1.97. The van der Waals surface area contributed by atoms with Gasteiger partial charge in [-0.25, -0.2) is 0 Å². The van der Waals surface area contributed by atoms with Crippen molar-refractivity contribution < 1.29 is 4.79 Å². The van der Waals surface area contributed by atoms with Crippen LogP contribution in [-0.2, 0) is 0 Å². The molecule has 0 radical (unpaired) electrons. The van der Waals surface area contributed by atoms with Crippen molar-refractivity contribution in [2.24, 2.45) is 0 Å². The van der Waals surface area contributed by atoms with E-state index in [1.165, 1.54) is 0 Å². The molecular weight excluding hydrogens is 238 g/mol. The topological polar surface area (TPSA) is 46.1 Å². The number of para-hydroxylation sites is 1. The van der Waals surface area contributed by atoms with Crippen LogP contribution in [0.4, 0.5) is 0 Å². The van der Waals surface area contributed by atoms with E-state index in [4.69, 9.17) is 6.42 Å². The van der Waals surface area contributed by atoms with Crippen LogP contribution in [0.25, 0.3) is 11.0 Å². The predicted molar refractivity (Wildman–Crippen MR) is 74.6 cm³/mol. The number of rotatable bonds is 4. The molecule has 0 aliphatic rings. The Hall–Kier alpha value is -2.41. The summed E-state index contributed by atoms with van der Waals surface area (Å²) in [5, 5.41) is 0. The number of amides is 1. The molecule has 2 rings (SSSR count). The molecule has 0 aliphatic carbocycles. The number of aromatic nitrogens is 2. The summed E-state index contributed by atoms with van der Waals surface area (Å²) in [6.07, 6.45) is 9.38. The van der Waals surface area contributed by atoms with Gasteiger partial charge in [0.15, 0.2) is 0 Å². The molecule has 1 heterocycles. The van der Waals surface area contributed by atoms with Crippen molar-refractivity contribution in [1.82, 2.24) is 14.9 Å². The summed E-state index contributed by atoms with van der Waals surface area (Å²) >= 11 is 0. The van der Waals surface area contributed by atoms with E-state index in [2.05, 4.69) is 15.9 Å². The van der Waals surface area contributed by atoms with E-state index < -0.39 is 0 Å². The minimum Gasteiger partial charge on any atom is -0.327 e. The molecule has 1 aromatic carbocycles. The first-order chi connectivity index (χ1) is 9.27. The summed E-state index contributed by atoms with van der Waals surface area (Å²) in [7, 11) is 0. The Morgan fingerprint density at radius 3 is 2.89 bits per heavy atom. The summed E-state index contributed by atoms with van der Waals surface area (Å²) in [6, 6.07) is 5.41. The first-order valence-electron chi connectivity index (χ1n) is 6.20. The van der Waals surface area contributed by atoms with Gasteiger partial charge in [0.2, 0.25) is 0 Å². The summed E-state index contributed by atoms with van der Waals surface area (Å²) < 4.78 is 0. The average molecular weight is 253 g/mol. The highest BCUT2D eigenvalue weighted by molar-refractivity contribution is 6.04. The number of carbonyl (C=O) groups is 1. The van der Waals surface area contributed by atoms with E-state index in [1.54, 1.807) is 23.4 Å². The van der Waals surface area contributed by atoms with Crippen LogP contribution >= 0.6 is 0 Å². The van der Waals surface area contributed by atoms with Crippen molar-refractivity contribution in [1.29, 1.82) is 0 Å². The minimum atomic E-state index is -0.0918. The Bertz CT molecular complexity index is 625. The zero-order valence-electron chi connectivity index (χ0n) is 10.8. The van der Waals surface area contributed by atoms with Crippen LogP contribution in [-0.4, -0.2) is 33.9 Å². The smallest absolute Gasteiger partial charge is 0.256 e. The zero-order valence-corrected chi connectivity index (χ0v) is 10.8. The number of carbonyl (C=O) groups excluding carboxylic acids is 1. The second kappa shape index (κ2) is 5.96. The summed E-state index contributed by atoms with van der Waals surface area (Å²) in [5.74, 6) is 2.43. The van der Waals surface area contributed by atoms with Gasteiger partial charge in [0.1, 0.15) is 5.52 Å². The molecule has 4 nitrogen and oxygen atoms in total. The lowest BCUT2D eigenvalue weighted by Gasteiger charge is -2.19. The highest BCUT2D eigenvalue weighted by Crippen LogP contribution is 2.16. The highest BCUT2D eigenvalue weighted by atomic mass is 16.2. The number of benzene rings is 1. The van der Waals surface area contributed by atoms with Gasteiger partial charge in [-0.15, -0.1) is 6.42 Å². The maximum Gasteiger partial charge on any atom is 0.256 e. The predicted octanol–water partition coefficient (Wildman–Crippen LogP) is 2.12. The van der Waals surface area contributed by atoms with Crippen LogP contribution < -0.4 is 0 Å². The number of fused-ring (bicyclic) bond motifs is 1. The quantitative estimate of drug-likeness (QED) is 0.784. The van der Waals surface area contributed by atoms with Crippen LogP contribution in [0.15, 0.2) is 30.6 Å². The molecule has 0 spiro atoms. The molecule has 0 saturated heterocycles. The van der Waals surface area contributed by atoms with Crippen LogP contribution in [0.3, 0.4) is 0 Å². The van der Waals surface area contributed by atoms with Gasteiger partial charge in [0, 0.05) is 18.9 Å². The van der Waals surface area contributed by atoms with Gasteiger partial charge in [-0.1, -0.05) is 18.9 Å². The van der Waals surface area contributed by atoms with Gasteiger partial charge in [-0.05, 0) is 18.6 Å². The van der Waals surface area contributed by atoms with Crippen molar-refractivity contribution in [2.75, 3.05) is 13.1 Å². The van der Waals surface area contributed by atoms with Gasteiger partial charge in [-0.3, -0.25) is 14.8 Å².